The molecule has 1 heterocycles. The molecule has 0 atom stereocenters. The smallest absolute Gasteiger partial charge is 0.413 e. The van der Waals surface area contributed by atoms with Gasteiger partial charge >= 0.3 is 6.09 Å². The Morgan fingerprint density at radius 1 is 1.10 bits per heavy atom. The molecule has 8 heteroatoms. The Morgan fingerprint density at radius 2 is 1.87 bits per heavy atom. The molecule has 0 bridgehead atoms. The van der Waals surface area contributed by atoms with Crippen LogP contribution in [0.1, 0.15) is 64.3 Å². The van der Waals surface area contributed by atoms with Gasteiger partial charge in [-0.3, -0.25) is 14.9 Å². The predicted molar refractivity (Wildman–Crippen MR) is 121 cm³/mol. The van der Waals surface area contributed by atoms with Crippen molar-refractivity contribution in [3.05, 3.63) is 45.8 Å². The number of rotatable bonds is 5. The third-order valence-electron chi connectivity index (χ3n) is 4.74. The van der Waals surface area contributed by atoms with Crippen LogP contribution in [-0.4, -0.2) is 30.3 Å². The summed E-state index contributed by atoms with van der Waals surface area (Å²) in [4.78, 5) is 39.5. The summed E-state index contributed by atoms with van der Waals surface area (Å²) in [5, 5.41) is 6.04. The molecule has 6 nitrogen and oxygen atoms in total. The van der Waals surface area contributed by atoms with E-state index in [0.717, 1.165) is 47.4 Å². The maximum atomic E-state index is 12.9. The van der Waals surface area contributed by atoms with Crippen LogP contribution in [0, 0.1) is 0 Å². The molecule has 3 rings (SSSR count). The monoisotopic (exact) mass is 446 g/mol. The van der Waals surface area contributed by atoms with Crippen molar-refractivity contribution in [3.63, 3.8) is 0 Å². The van der Waals surface area contributed by atoms with Gasteiger partial charge in [0.05, 0.1) is 12.7 Å². The SMILES string of the molecule is COC(=O)NC(=O)c1c(NC(=O)c2cccc(SC(C)C)c2)sc2c1CCCCC2. The second-order valence-corrected chi connectivity index (χ2v) is 10.1. The summed E-state index contributed by atoms with van der Waals surface area (Å²) >= 11 is 3.11. The number of hydrogen-bond donors (Lipinski definition) is 2. The first-order valence-electron chi connectivity index (χ1n) is 10.0. The summed E-state index contributed by atoms with van der Waals surface area (Å²) in [7, 11) is 1.21. The minimum atomic E-state index is -0.816. The normalized spacial score (nSPS) is 13.3. The molecule has 0 saturated heterocycles. The van der Waals surface area contributed by atoms with Crippen LogP contribution >= 0.6 is 23.1 Å². The average Bonchev–Trinajstić information content (AvgIpc) is 2.88. The lowest BCUT2D eigenvalue weighted by molar-refractivity contribution is 0.0937. The van der Waals surface area contributed by atoms with Gasteiger partial charge in [0.1, 0.15) is 5.00 Å². The zero-order valence-corrected chi connectivity index (χ0v) is 19.0. The highest BCUT2D eigenvalue weighted by Crippen LogP contribution is 2.38. The fourth-order valence-electron chi connectivity index (χ4n) is 3.44. The van der Waals surface area contributed by atoms with Crippen LogP contribution in [0.5, 0.6) is 0 Å². The van der Waals surface area contributed by atoms with Crippen LogP contribution in [0.25, 0.3) is 0 Å². The van der Waals surface area contributed by atoms with E-state index in [1.54, 1.807) is 17.8 Å². The Hall–Kier alpha value is -2.32. The first-order chi connectivity index (χ1) is 14.4. The molecule has 0 saturated carbocycles. The predicted octanol–water partition coefficient (Wildman–Crippen LogP) is 5.27. The zero-order chi connectivity index (χ0) is 21.7. The van der Waals surface area contributed by atoms with Gasteiger partial charge in [-0.1, -0.05) is 26.3 Å². The number of hydrogen-bond acceptors (Lipinski definition) is 6. The number of anilines is 1. The maximum Gasteiger partial charge on any atom is 0.413 e. The van der Waals surface area contributed by atoms with E-state index in [-0.39, 0.29) is 5.91 Å². The fourth-order valence-corrected chi connectivity index (χ4v) is 5.61. The van der Waals surface area contributed by atoms with Gasteiger partial charge in [0.2, 0.25) is 0 Å². The van der Waals surface area contributed by atoms with Gasteiger partial charge in [0.25, 0.3) is 11.8 Å². The third kappa shape index (κ3) is 5.43. The number of carbonyl (C=O) groups excluding carboxylic acids is 3. The van der Waals surface area contributed by atoms with Crippen molar-refractivity contribution >= 4 is 46.0 Å². The summed E-state index contributed by atoms with van der Waals surface area (Å²) in [6, 6.07) is 7.44. The van der Waals surface area contributed by atoms with Gasteiger partial charge in [-0.25, -0.2) is 4.79 Å². The number of aryl methyl sites for hydroxylation is 1. The Balaban J connectivity index is 1.90. The minimum Gasteiger partial charge on any atom is -0.453 e. The molecule has 2 aromatic rings. The maximum absolute atomic E-state index is 12.9. The Kier molecular flexibility index (Phi) is 7.55. The Bertz CT molecular complexity index is 953. The van der Waals surface area contributed by atoms with Crippen LogP contribution in [0.2, 0.25) is 0 Å². The molecular weight excluding hydrogens is 420 g/mol. The summed E-state index contributed by atoms with van der Waals surface area (Å²) in [6.45, 7) is 4.20. The van der Waals surface area contributed by atoms with Gasteiger partial charge in [0.15, 0.2) is 0 Å². The number of imide groups is 1. The van der Waals surface area contributed by atoms with Gasteiger partial charge in [-0.05, 0) is 49.4 Å². The first-order valence-corrected chi connectivity index (χ1v) is 11.7. The number of amides is 3. The standard InChI is InChI=1S/C22H26N2O4S2/c1-13(2)29-15-9-7-8-14(12-15)19(25)23-21-18(20(26)24-22(27)28-3)16-10-5-4-6-11-17(16)30-21/h7-9,12-13H,4-6,10-11H2,1-3H3,(H,23,25)(H,24,26,27). The number of nitrogens with one attached hydrogen (secondary N) is 2. The quantitative estimate of drug-likeness (QED) is 0.483. The molecule has 1 aliphatic carbocycles. The number of thioether (sulfide) groups is 1. The number of ether oxygens (including phenoxy) is 1. The summed E-state index contributed by atoms with van der Waals surface area (Å²) < 4.78 is 4.57. The largest absolute Gasteiger partial charge is 0.453 e. The van der Waals surface area contributed by atoms with E-state index in [2.05, 4.69) is 29.2 Å². The molecule has 30 heavy (non-hydrogen) atoms. The highest BCUT2D eigenvalue weighted by molar-refractivity contribution is 7.99. The number of methoxy groups -OCH3 is 1. The lowest BCUT2D eigenvalue weighted by Crippen LogP contribution is -2.31. The molecule has 1 aliphatic rings. The van der Waals surface area contributed by atoms with Crippen LogP contribution in [0.3, 0.4) is 0 Å². The second kappa shape index (κ2) is 10.1. The molecule has 0 radical (unpaired) electrons. The van der Waals surface area contributed by atoms with E-state index in [1.807, 2.05) is 18.2 Å². The van der Waals surface area contributed by atoms with Crippen molar-refractivity contribution in [3.8, 4) is 0 Å². The summed E-state index contributed by atoms with van der Waals surface area (Å²) in [5.41, 5.74) is 1.84. The van der Waals surface area contributed by atoms with Gasteiger partial charge < -0.3 is 10.1 Å². The second-order valence-electron chi connectivity index (χ2n) is 7.36. The number of thiophene rings is 1. The zero-order valence-electron chi connectivity index (χ0n) is 17.4. The van der Waals surface area contributed by atoms with Gasteiger partial charge in [0, 0.05) is 20.6 Å². The van der Waals surface area contributed by atoms with E-state index < -0.39 is 12.0 Å². The number of fused-ring (bicyclic) bond motifs is 1. The van der Waals surface area contributed by atoms with Crippen molar-refractivity contribution < 1.29 is 19.1 Å². The molecule has 0 unspecified atom stereocenters. The molecule has 3 amide bonds. The number of carbonyl (C=O) groups is 3. The summed E-state index contributed by atoms with van der Waals surface area (Å²) in [6.07, 6.45) is 3.93. The molecule has 0 spiro atoms. The number of benzene rings is 1. The topological polar surface area (TPSA) is 84.5 Å². The lowest BCUT2D eigenvalue weighted by atomic mass is 10.0. The third-order valence-corrected chi connectivity index (χ3v) is 6.95. The average molecular weight is 447 g/mol. The van der Waals surface area contributed by atoms with Crippen LogP contribution in [0.4, 0.5) is 9.80 Å². The molecule has 160 valence electrons. The number of alkyl carbamates (subject to hydrolysis) is 1. The van der Waals surface area contributed by atoms with E-state index in [9.17, 15) is 14.4 Å². The Morgan fingerprint density at radius 3 is 2.60 bits per heavy atom. The van der Waals surface area contributed by atoms with Crippen LogP contribution in [-0.2, 0) is 17.6 Å². The lowest BCUT2D eigenvalue weighted by Gasteiger charge is -2.10. The van der Waals surface area contributed by atoms with E-state index >= 15 is 0 Å². The first kappa shape index (κ1) is 22.4. The summed E-state index contributed by atoms with van der Waals surface area (Å²) in [5.74, 6) is -0.814. The minimum absolute atomic E-state index is 0.273. The fraction of sp³-hybridized carbons (Fsp3) is 0.409. The highest BCUT2D eigenvalue weighted by atomic mass is 32.2. The Labute approximate surface area is 184 Å². The molecule has 1 aromatic heterocycles. The van der Waals surface area contributed by atoms with Crippen molar-refractivity contribution in [2.45, 2.75) is 56.1 Å². The van der Waals surface area contributed by atoms with Crippen molar-refractivity contribution in [2.24, 2.45) is 0 Å². The highest BCUT2D eigenvalue weighted by Gasteiger charge is 2.27. The van der Waals surface area contributed by atoms with Crippen molar-refractivity contribution in [2.75, 3.05) is 12.4 Å². The van der Waals surface area contributed by atoms with Crippen molar-refractivity contribution in [1.82, 2.24) is 5.32 Å². The molecule has 2 N–H and O–H groups in total. The van der Waals surface area contributed by atoms with E-state index in [4.69, 9.17) is 0 Å². The van der Waals surface area contributed by atoms with Crippen LogP contribution < -0.4 is 10.6 Å². The van der Waals surface area contributed by atoms with E-state index in [1.165, 1.54) is 18.4 Å². The molecule has 0 fully saturated rings. The molecule has 1 aromatic carbocycles. The van der Waals surface area contributed by atoms with Gasteiger partial charge in [-0.2, -0.15) is 0 Å². The van der Waals surface area contributed by atoms with E-state index in [0.29, 0.717) is 21.4 Å². The van der Waals surface area contributed by atoms with Crippen LogP contribution in [0.15, 0.2) is 29.2 Å². The van der Waals surface area contributed by atoms with Crippen molar-refractivity contribution in [1.29, 1.82) is 0 Å². The molecule has 0 aliphatic heterocycles. The molecular formula is C22H26N2O4S2. The van der Waals surface area contributed by atoms with Gasteiger partial charge in [-0.15, -0.1) is 23.1 Å².